The summed E-state index contributed by atoms with van der Waals surface area (Å²) in [5, 5.41) is 4.99. The van der Waals surface area contributed by atoms with E-state index in [4.69, 9.17) is 4.74 Å². The van der Waals surface area contributed by atoms with Gasteiger partial charge in [0.15, 0.2) is 16.4 Å². The standard InChI is InChI=1S/C16H13N3O4S2/c1-2-23-12(21)8-10(20)9-5-7-24-15(9)19-14(22)16-18-13-11(25-16)4-3-6-17-13/h3-7H,2,8H2,1H3,(H,19,22). The van der Waals surface area contributed by atoms with Crippen molar-refractivity contribution in [1.29, 1.82) is 0 Å². The maximum absolute atomic E-state index is 12.4. The third-order valence-corrected chi connectivity index (χ3v) is 5.00. The Morgan fingerprint density at radius 3 is 2.88 bits per heavy atom. The number of carbonyl (C=O) groups excluding carboxylic acids is 3. The topological polar surface area (TPSA) is 98.2 Å². The van der Waals surface area contributed by atoms with Crippen LogP contribution in [0, 0.1) is 0 Å². The average Bonchev–Trinajstić information content (AvgIpc) is 3.21. The third kappa shape index (κ3) is 3.89. The number of carbonyl (C=O) groups is 3. The van der Waals surface area contributed by atoms with Crippen molar-refractivity contribution in [3.8, 4) is 0 Å². The van der Waals surface area contributed by atoms with Crippen molar-refractivity contribution >= 4 is 55.7 Å². The van der Waals surface area contributed by atoms with Gasteiger partial charge in [0.2, 0.25) is 0 Å². The van der Waals surface area contributed by atoms with Gasteiger partial charge in [0.05, 0.1) is 16.9 Å². The molecular formula is C16H13N3O4S2. The lowest BCUT2D eigenvalue weighted by atomic mass is 10.1. The van der Waals surface area contributed by atoms with Crippen LogP contribution in [0.4, 0.5) is 5.00 Å². The Morgan fingerprint density at radius 2 is 2.12 bits per heavy atom. The van der Waals surface area contributed by atoms with Gasteiger partial charge >= 0.3 is 5.97 Å². The van der Waals surface area contributed by atoms with Crippen molar-refractivity contribution in [1.82, 2.24) is 9.97 Å². The zero-order valence-corrected chi connectivity index (χ0v) is 14.8. The predicted molar refractivity (Wildman–Crippen MR) is 95.3 cm³/mol. The summed E-state index contributed by atoms with van der Waals surface area (Å²) in [4.78, 5) is 44.3. The molecule has 7 nitrogen and oxygen atoms in total. The molecule has 1 amide bonds. The number of pyridine rings is 1. The number of anilines is 1. The van der Waals surface area contributed by atoms with Crippen molar-refractivity contribution in [2.75, 3.05) is 11.9 Å². The molecule has 128 valence electrons. The monoisotopic (exact) mass is 375 g/mol. The Bertz CT molecular complexity index is 915. The fourth-order valence-electron chi connectivity index (χ4n) is 2.09. The van der Waals surface area contributed by atoms with Gasteiger partial charge in [-0.05, 0) is 30.5 Å². The minimum Gasteiger partial charge on any atom is -0.466 e. The number of esters is 1. The van der Waals surface area contributed by atoms with Crippen LogP contribution < -0.4 is 5.32 Å². The van der Waals surface area contributed by atoms with Gasteiger partial charge in [0.25, 0.3) is 5.91 Å². The Morgan fingerprint density at radius 1 is 1.28 bits per heavy atom. The SMILES string of the molecule is CCOC(=O)CC(=O)c1ccsc1NC(=O)c1nc2ncccc2s1. The molecule has 3 aromatic heterocycles. The van der Waals surface area contributed by atoms with E-state index in [0.717, 1.165) is 4.70 Å². The van der Waals surface area contributed by atoms with Crippen LogP contribution in [0.2, 0.25) is 0 Å². The summed E-state index contributed by atoms with van der Waals surface area (Å²) >= 11 is 2.42. The van der Waals surface area contributed by atoms with Crippen LogP contribution in [-0.4, -0.2) is 34.2 Å². The van der Waals surface area contributed by atoms with Gasteiger partial charge in [-0.3, -0.25) is 14.4 Å². The number of amides is 1. The molecule has 0 unspecified atom stereocenters. The number of hydrogen-bond acceptors (Lipinski definition) is 8. The number of hydrogen-bond donors (Lipinski definition) is 1. The summed E-state index contributed by atoms with van der Waals surface area (Å²) in [6, 6.07) is 5.17. The van der Waals surface area contributed by atoms with E-state index >= 15 is 0 Å². The first-order valence-electron chi connectivity index (χ1n) is 7.37. The molecule has 0 saturated carbocycles. The van der Waals surface area contributed by atoms with Crippen LogP contribution in [0.15, 0.2) is 29.8 Å². The molecule has 0 radical (unpaired) electrons. The number of thiazole rings is 1. The fraction of sp³-hybridized carbons (Fsp3) is 0.188. The van der Waals surface area contributed by atoms with E-state index in [1.54, 1.807) is 30.6 Å². The number of ketones is 1. The van der Waals surface area contributed by atoms with E-state index in [0.29, 0.717) is 10.6 Å². The minimum atomic E-state index is -0.590. The highest BCUT2D eigenvalue weighted by Gasteiger charge is 2.20. The summed E-state index contributed by atoms with van der Waals surface area (Å²) in [6.45, 7) is 1.89. The molecule has 0 atom stereocenters. The van der Waals surface area contributed by atoms with E-state index in [9.17, 15) is 14.4 Å². The molecule has 0 aromatic carbocycles. The third-order valence-electron chi connectivity index (χ3n) is 3.16. The summed E-state index contributed by atoms with van der Waals surface area (Å²) in [7, 11) is 0. The first-order chi connectivity index (χ1) is 12.1. The molecule has 3 aromatic rings. The molecule has 0 aliphatic carbocycles. The average molecular weight is 375 g/mol. The lowest BCUT2D eigenvalue weighted by molar-refractivity contribution is -0.141. The predicted octanol–water partition coefficient (Wildman–Crippen LogP) is 3.14. The quantitative estimate of drug-likeness (QED) is 0.404. The molecule has 3 heterocycles. The minimum absolute atomic E-state index is 0.213. The lowest BCUT2D eigenvalue weighted by Gasteiger charge is -2.04. The maximum atomic E-state index is 12.4. The molecule has 9 heteroatoms. The second-order valence-corrected chi connectivity index (χ2v) is 6.81. The number of nitrogens with zero attached hydrogens (tertiary/aromatic N) is 2. The summed E-state index contributed by atoms with van der Waals surface area (Å²) in [5.41, 5.74) is 0.785. The molecule has 0 aliphatic heterocycles. The van der Waals surface area contributed by atoms with E-state index in [2.05, 4.69) is 15.3 Å². The zero-order valence-electron chi connectivity index (χ0n) is 13.1. The fourth-order valence-corrected chi connectivity index (χ4v) is 3.71. The van der Waals surface area contributed by atoms with Crippen LogP contribution in [-0.2, 0) is 9.53 Å². The van der Waals surface area contributed by atoms with Crippen LogP contribution in [0.3, 0.4) is 0 Å². The number of fused-ring (bicyclic) bond motifs is 1. The van der Waals surface area contributed by atoms with Crippen molar-refractivity contribution in [2.24, 2.45) is 0 Å². The largest absolute Gasteiger partial charge is 0.466 e. The second kappa shape index (κ2) is 7.49. The Kier molecular flexibility index (Phi) is 5.15. The van der Waals surface area contributed by atoms with Gasteiger partial charge in [-0.1, -0.05) is 0 Å². The van der Waals surface area contributed by atoms with Crippen LogP contribution in [0.1, 0.15) is 33.5 Å². The molecular weight excluding hydrogens is 362 g/mol. The summed E-state index contributed by atoms with van der Waals surface area (Å²) in [5.74, 6) is -1.41. The number of nitrogens with one attached hydrogen (secondary N) is 1. The Balaban J connectivity index is 1.75. The molecule has 0 spiro atoms. The van der Waals surface area contributed by atoms with Crippen LogP contribution in [0.25, 0.3) is 10.3 Å². The van der Waals surface area contributed by atoms with Gasteiger partial charge in [-0.25, -0.2) is 9.97 Å². The van der Waals surface area contributed by atoms with Crippen LogP contribution in [0.5, 0.6) is 0 Å². The van der Waals surface area contributed by atoms with Crippen molar-refractivity contribution in [2.45, 2.75) is 13.3 Å². The van der Waals surface area contributed by atoms with Gasteiger partial charge in [-0.2, -0.15) is 0 Å². The number of Topliss-reactive ketones (excluding diaryl/α,β-unsaturated/α-hetero) is 1. The molecule has 0 bridgehead atoms. The van der Waals surface area contributed by atoms with E-state index in [1.165, 1.54) is 22.7 Å². The van der Waals surface area contributed by atoms with Crippen molar-refractivity contribution in [3.05, 3.63) is 40.3 Å². The zero-order chi connectivity index (χ0) is 17.8. The number of aromatic nitrogens is 2. The van der Waals surface area contributed by atoms with E-state index in [-0.39, 0.29) is 23.6 Å². The van der Waals surface area contributed by atoms with Crippen molar-refractivity contribution in [3.63, 3.8) is 0 Å². The molecule has 3 rings (SSSR count). The summed E-state index contributed by atoms with van der Waals surface area (Å²) < 4.78 is 5.58. The second-order valence-electron chi connectivity index (χ2n) is 4.87. The molecule has 25 heavy (non-hydrogen) atoms. The first kappa shape index (κ1) is 17.2. The highest BCUT2D eigenvalue weighted by Crippen LogP contribution is 2.27. The van der Waals surface area contributed by atoms with Crippen molar-refractivity contribution < 1.29 is 19.1 Å². The number of ether oxygens (including phenoxy) is 1. The molecule has 0 saturated heterocycles. The van der Waals surface area contributed by atoms with E-state index in [1.807, 2.05) is 6.07 Å². The summed E-state index contributed by atoms with van der Waals surface area (Å²) in [6.07, 6.45) is 1.24. The molecule has 0 fully saturated rings. The Labute approximate surface area is 150 Å². The Hall–Kier alpha value is -2.65. The highest BCUT2D eigenvalue weighted by atomic mass is 32.1. The van der Waals surface area contributed by atoms with Gasteiger partial charge in [0, 0.05) is 6.20 Å². The van der Waals surface area contributed by atoms with Crippen LogP contribution >= 0.6 is 22.7 Å². The maximum Gasteiger partial charge on any atom is 0.313 e. The highest BCUT2D eigenvalue weighted by molar-refractivity contribution is 7.20. The van der Waals surface area contributed by atoms with Gasteiger partial charge in [-0.15, -0.1) is 22.7 Å². The van der Waals surface area contributed by atoms with Gasteiger partial charge < -0.3 is 10.1 Å². The molecule has 1 N–H and O–H groups in total. The normalized spacial score (nSPS) is 10.6. The van der Waals surface area contributed by atoms with Gasteiger partial charge in [0.1, 0.15) is 11.4 Å². The lowest BCUT2D eigenvalue weighted by Crippen LogP contribution is -2.15. The number of rotatable bonds is 6. The first-order valence-corrected chi connectivity index (χ1v) is 9.07. The smallest absolute Gasteiger partial charge is 0.313 e. The molecule has 0 aliphatic rings. The number of thiophene rings is 1. The van der Waals surface area contributed by atoms with E-state index < -0.39 is 17.7 Å².